The minimum Gasteiger partial charge on any atom is -0.394 e. The first-order chi connectivity index (χ1) is 9.49. The molecule has 1 aliphatic heterocycles. The van der Waals surface area contributed by atoms with Crippen LogP contribution in [0.4, 0.5) is 5.82 Å². The van der Waals surface area contributed by atoms with Gasteiger partial charge in [0.15, 0.2) is 6.23 Å². The molecule has 110 valence electrons. The Morgan fingerprint density at radius 3 is 2.90 bits per heavy atom. The van der Waals surface area contributed by atoms with E-state index in [0.29, 0.717) is 5.57 Å². The molecule has 4 N–H and O–H groups in total. The van der Waals surface area contributed by atoms with Crippen molar-refractivity contribution in [1.82, 2.24) is 9.55 Å². The predicted molar refractivity (Wildman–Crippen MR) is 69.8 cm³/mol. The molecule has 0 unspecified atom stereocenters. The van der Waals surface area contributed by atoms with Crippen LogP contribution in [0.3, 0.4) is 0 Å². The molecule has 8 nitrogen and oxygen atoms in total. The van der Waals surface area contributed by atoms with E-state index < -0.39 is 36.8 Å². The number of aliphatic hydroxyl groups is 2. The van der Waals surface area contributed by atoms with Gasteiger partial charge in [0.2, 0.25) is 0 Å². The van der Waals surface area contributed by atoms with Crippen molar-refractivity contribution in [2.45, 2.75) is 24.5 Å². The first kappa shape index (κ1) is 14.7. The summed E-state index contributed by atoms with van der Waals surface area (Å²) < 4.78 is 11.9. The molecule has 0 amide bonds. The Morgan fingerprint density at radius 2 is 2.35 bits per heavy atom. The maximum Gasteiger partial charge on any atom is 0.351 e. The molecule has 0 aromatic carbocycles. The fourth-order valence-corrected chi connectivity index (χ4v) is 2.16. The Hall–Kier alpha value is -1.74. The van der Waals surface area contributed by atoms with Gasteiger partial charge in [0.25, 0.3) is 0 Å². The maximum absolute atomic E-state index is 11.9. The van der Waals surface area contributed by atoms with E-state index in [1.54, 1.807) is 0 Å². The molecule has 4 atom stereocenters. The van der Waals surface area contributed by atoms with E-state index in [9.17, 15) is 15.0 Å². The smallest absolute Gasteiger partial charge is 0.351 e. The maximum atomic E-state index is 11.9. The van der Waals surface area contributed by atoms with Gasteiger partial charge in [-0.1, -0.05) is 6.58 Å². The summed E-state index contributed by atoms with van der Waals surface area (Å²) in [5, 5.41) is 19.2. The van der Waals surface area contributed by atoms with Gasteiger partial charge in [0, 0.05) is 13.3 Å². The molecule has 0 spiro atoms. The van der Waals surface area contributed by atoms with Crippen LogP contribution < -0.4 is 11.4 Å². The Labute approximate surface area is 115 Å². The van der Waals surface area contributed by atoms with Gasteiger partial charge in [-0.25, -0.2) is 4.79 Å². The molecule has 1 fully saturated rings. The summed E-state index contributed by atoms with van der Waals surface area (Å²) in [5.74, 6) is 0.0913. The number of anilines is 1. The predicted octanol–water partition coefficient (Wildman–Crippen LogP) is -1.35. The number of nitrogen functional groups attached to an aromatic ring is 1. The van der Waals surface area contributed by atoms with Crippen LogP contribution in [0, 0.1) is 0 Å². The number of hydrogen-bond acceptors (Lipinski definition) is 7. The minimum atomic E-state index is -1.07. The van der Waals surface area contributed by atoms with Crippen molar-refractivity contribution in [3.63, 3.8) is 0 Å². The second-order valence-electron chi connectivity index (χ2n) is 4.47. The number of aliphatic hydroxyl groups excluding tert-OH is 2. The molecule has 0 aliphatic carbocycles. The molecule has 2 rings (SSSR count). The lowest BCUT2D eigenvalue weighted by molar-refractivity contribution is -0.186. The SMILES string of the molecule is C=C1[C@@H](O)[C@@H](CO)O[C@@H](n2ccc(N)nc2=O)[C@@H]1OC. The number of nitrogens with two attached hydrogens (primary N) is 1. The van der Waals surface area contributed by atoms with Crippen LogP contribution in [0.1, 0.15) is 6.23 Å². The molecular weight excluding hydrogens is 266 g/mol. The lowest BCUT2D eigenvalue weighted by atomic mass is 9.96. The number of aromatic nitrogens is 2. The van der Waals surface area contributed by atoms with Gasteiger partial charge in [-0.15, -0.1) is 0 Å². The highest BCUT2D eigenvalue weighted by atomic mass is 16.6. The molecule has 1 aromatic heterocycles. The van der Waals surface area contributed by atoms with E-state index in [0.717, 1.165) is 0 Å². The second kappa shape index (κ2) is 5.71. The molecule has 2 heterocycles. The van der Waals surface area contributed by atoms with Gasteiger partial charge in [-0.3, -0.25) is 4.57 Å². The molecule has 0 bridgehead atoms. The largest absolute Gasteiger partial charge is 0.394 e. The third-order valence-corrected chi connectivity index (χ3v) is 3.23. The van der Waals surface area contributed by atoms with Crippen molar-refractivity contribution in [2.75, 3.05) is 19.5 Å². The van der Waals surface area contributed by atoms with Crippen molar-refractivity contribution in [1.29, 1.82) is 0 Å². The van der Waals surface area contributed by atoms with E-state index in [2.05, 4.69) is 11.6 Å². The summed E-state index contributed by atoms with van der Waals surface area (Å²) >= 11 is 0. The molecule has 0 radical (unpaired) electrons. The molecule has 1 saturated heterocycles. The monoisotopic (exact) mass is 283 g/mol. The molecule has 1 aliphatic rings. The number of methoxy groups -OCH3 is 1. The topological polar surface area (TPSA) is 120 Å². The normalized spacial score (nSPS) is 30.4. The standard InChI is InChI=1S/C12H17N3O5/c1-6-9(17)7(5-16)20-11(10(6)19-2)15-4-3-8(13)14-12(15)18/h3-4,7,9-11,16-17H,1,5H2,2H3,(H2,13,14,18)/t7-,9-,10-,11-/m1/s1. The summed E-state index contributed by atoms with van der Waals surface area (Å²) in [6, 6.07) is 1.44. The summed E-state index contributed by atoms with van der Waals surface area (Å²) in [6.07, 6.45) is -2.16. The van der Waals surface area contributed by atoms with Crippen LogP contribution in [0.15, 0.2) is 29.2 Å². The molecule has 8 heteroatoms. The van der Waals surface area contributed by atoms with Gasteiger partial charge < -0.3 is 25.4 Å². The first-order valence-corrected chi connectivity index (χ1v) is 6.00. The number of nitrogens with zero attached hydrogens (tertiary/aromatic N) is 2. The average molecular weight is 283 g/mol. The Bertz CT molecular complexity index is 558. The molecule has 20 heavy (non-hydrogen) atoms. The van der Waals surface area contributed by atoms with E-state index in [-0.39, 0.29) is 5.82 Å². The van der Waals surface area contributed by atoms with Crippen LogP contribution in [-0.2, 0) is 9.47 Å². The zero-order valence-electron chi connectivity index (χ0n) is 11.0. The summed E-state index contributed by atoms with van der Waals surface area (Å²) in [6.45, 7) is 3.33. The van der Waals surface area contributed by atoms with E-state index in [4.69, 9.17) is 15.2 Å². The van der Waals surface area contributed by atoms with Crippen molar-refractivity contribution in [2.24, 2.45) is 0 Å². The first-order valence-electron chi connectivity index (χ1n) is 6.00. The minimum absolute atomic E-state index is 0.0913. The van der Waals surface area contributed by atoms with Crippen molar-refractivity contribution >= 4 is 5.82 Å². The van der Waals surface area contributed by atoms with Gasteiger partial charge >= 0.3 is 5.69 Å². The van der Waals surface area contributed by atoms with Gasteiger partial charge in [0.1, 0.15) is 24.1 Å². The zero-order chi connectivity index (χ0) is 14.9. The lowest BCUT2D eigenvalue weighted by Crippen LogP contribution is -2.50. The third kappa shape index (κ3) is 2.46. The third-order valence-electron chi connectivity index (χ3n) is 3.23. The molecule has 0 saturated carbocycles. The Balaban J connectivity index is 2.41. The van der Waals surface area contributed by atoms with Crippen molar-refractivity contribution in [3.05, 3.63) is 34.9 Å². The highest BCUT2D eigenvalue weighted by Gasteiger charge is 2.41. The van der Waals surface area contributed by atoms with Gasteiger partial charge in [-0.2, -0.15) is 4.98 Å². The van der Waals surface area contributed by atoms with Gasteiger partial charge in [-0.05, 0) is 11.6 Å². The van der Waals surface area contributed by atoms with Crippen molar-refractivity contribution in [3.8, 4) is 0 Å². The molecule has 1 aromatic rings. The van der Waals surface area contributed by atoms with E-state index in [1.165, 1.54) is 23.9 Å². The average Bonchev–Trinajstić information content (AvgIpc) is 2.42. The fourth-order valence-electron chi connectivity index (χ4n) is 2.16. The number of ether oxygens (including phenoxy) is 2. The quantitative estimate of drug-likeness (QED) is 0.586. The van der Waals surface area contributed by atoms with Gasteiger partial charge in [0.05, 0.1) is 6.61 Å². The second-order valence-corrected chi connectivity index (χ2v) is 4.47. The van der Waals surface area contributed by atoms with Crippen molar-refractivity contribution < 1.29 is 19.7 Å². The van der Waals surface area contributed by atoms with Crippen LogP contribution >= 0.6 is 0 Å². The number of rotatable bonds is 3. The van der Waals surface area contributed by atoms with E-state index in [1.807, 2.05) is 0 Å². The molecular formula is C12H17N3O5. The van der Waals surface area contributed by atoms with Crippen LogP contribution in [-0.4, -0.2) is 51.8 Å². The Morgan fingerprint density at radius 1 is 1.65 bits per heavy atom. The van der Waals surface area contributed by atoms with Crippen LogP contribution in [0.5, 0.6) is 0 Å². The van der Waals surface area contributed by atoms with Crippen LogP contribution in [0.2, 0.25) is 0 Å². The van der Waals surface area contributed by atoms with E-state index >= 15 is 0 Å². The number of hydrogen-bond donors (Lipinski definition) is 3. The summed E-state index contributed by atoms with van der Waals surface area (Å²) in [5.41, 5.74) is 5.15. The fraction of sp³-hybridized carbons (Fsp3) is 0.500. The summed E-state index contributed by atoms with van der Waals surface area (Å²) in [7, 11) is 1.41. The van der Waals surface area contributed by atoms with Crippen LogP contribution in [0.25, 0.3) is 0 Å². The highest BCUT2D eigenvalue weighted by Crippen LogP contribution is 2.31. The highest BCUT2D eigenvalue weighted by molar-refractivity contribution is 5.24. The Kier molecular flexibility index (Phi) is 4.19. The zero-order valence-corrected chi connectivity index (χ0v) is 11.0. The lowest BCUT2D eigenvalue weighted by Gasteiger charge is -2.40. The summed E-state index contributed by atoms with van der Waals surface area (Å²) in [4.78, 5) is 15.5.